The van der Waals surface area contributed by atoms with Gasteiger partial charge in [-0.25, -0.2) is 9.18 Å². The third-order valence-corrected chi connectivity index (χ3v) is 4.89. The Balaban J connectivity index is 1.87. The van der Waals surface area contributed by atoms with Crippen LogP contribution < -0.4 is 9.47 Å². The monoisotopic (exact) mass is 460 g/mol. The fourth-order valence-corrected chi connectivity index (χ4v) is 3.20. The molecule has 2 atom stereocenters. The van der Waals surface area contributed by atoms with Gasteiger partial charge in [-0.3, -0.25) is 0 Å². The molecule has 0 heterocycles. The summed E-state index contributed by atoms with van der Waals surface area (Å²) in [5.74, 6) is 0.758. The van der Waals surface area contributed by atoms with Gasteiger partial charge in [0, 0.05) is 6.42 Å². The van der Waals surface area contributed by atoms with Gasteiger partial charge in [0.25, 0.3) is 0 Å². The van der Waals surface area contributed by atoms with Gasteiger partial charge in [0.05, 0.1) is 12.7 Å². The van der Waals surface area contributed by atoms with Crippen LogP contribution in [0.3, 0.4) is 0 Å². The van der Waals surface area contributed by atoms with Gasteiger partial charge in [0.1, 0.15) is 24.7 Å². The third kappa shape index (κ3) is 9.42. The van der Waals surface area contributed by atoms with Crippen LogP contribution in [0.4, 0.5) is 4.39 Å². The van der Waals surface area contributed by atoms with E-state index in [1.807, 2.05) is 50.2 Å². The molecule has 0 aliphatic rings. The standard InChI is InChI=1S/C27H37FO5/c1-7-30-26(29)25(33-19(2)3)16-20-9-8-10-24(15-20)32-18-22(28)17-31-23-13-11-21(12-14-23)27(4,5)6/h8-15,19,22,25H,7,16-18H2,1-6H3. The van der Waals surface area contributed by atoms with E-state index in [1.54, 1.807) is 19.1 Å². The first-order valence-electron chi connectivity index (χ1n) is 11.5. The number of rotatable bonds is 12. The maximum Gasteiger partial charge on any atom is 0.335 e. The Morgan fingerprint density at radius 1 is 0.970 bits per heavy atom. The molecule has 2 aromatic carbocycles. The summed E-state index contributed by atoms with van der Waals surface area (Å²) in [6.45, 7) is 12.0. The van der Waals surface area contributed by atoms with E-state index in [9.17, 15) is 9.18 Å². The zero-order valence-corrected chi connectivity index (χ0v) is 20.6. The highest BCUT2D eigenvalue weighted by molar-refractivity contribution is 5.75. The molecule has 0 fully saturated rings. The minimum Gasteiger partial charge on any atom is -0.490 e. The van der Waals surface area contributed by atoms with Crippen molar-refractivity contribution in [2.75, 3.05) is 19.8 Å². The first-order chi connectivity index (χ1) is 15.6. The van der Waals surface area contributed by atoms with Gasteiger partial charge < -0.3 is 18.9 Å². The van der Waals surface area contributed by atoms with Crippen LogP contribution in [-0.2, 0) is 26.1 Å². The van der Waals surface area contributed by atoms with Crippen LogP contribution in [0.2, 0.25) is 0 Å². The molecule has 0 spiro atoms. The molecule has 6 heteroatoms. The third-order valence-electron chi connectivity index (χ3n) is 4.89. The summed E-state index contributed by atoms with van der Waals surface area (Å²) in [6.07, 6.45) is -1.75. The summed E-state index contributed by atoms with van der Waals surface area (Å²) in [6, 6.07) is 14.9. The van der Waals surface area contributed by atoms with Crippen LogP contribution in [0.25, 0.3) is 0 Å². The molecule has 0 amide bonds. The van der Waals surface area contributed by atoms with Gasteiger partial charge in [0.2, 0.25) is 0 Å². The van der Waals surface area contributed by atoms with Gasteiger partial charge in [-0.15, -0.1) is 0 Å². The van der Waals surface area contributed by atoms with E-state index in [0.717, 1.165) is 5.56 Å². The number of benzene rings is 2. The van der Waals surface area contributed by atoms with Crippen LogP contribution in [0, 0.1) is 0 Å². The predicted molar refractivity (Wildman–Crippen MR) is 128 cm³/mol. The number of esters is 1. The van der Waals surface area contributed by atoms with Crippen LogP contribution in [0.15, 0.2) is 48.5 Å². The van der Waals surface area contributed by atoms with Crippen molar-refractivity contribution in [2.45, 2.75) is 71.8 Å². The summed E-state index contributed by atoms with van der Waals surface area (Å²) in [4.78, 5) is 12.2. The van der Waals surface area contributed by atoms with Crippen LogP contribution in [0.5, 0.6) is 11.5 Å². The zero-order valence-electron chi connectivity index (χ0n) is 20.6. The molecule has 182 valence electrons. The van der Waals surface area contributed by atoms with E-state index in [4.69, 9.17) is 18.9 Å². The Labute approximate surface area is 197 Å². The molecule has 0 aromatic heterocycles. The first kappa shape index (κ1) is 26.7. The Morgan fingerprint density at radius 2 is 1.61 bits per heavy atom. The van der Waals surface area contributed by atoms with Crippen molar-refractivity contribution in [1.29, 1.82) is 0 Å². The van der Waals surface area contributed by atoms with Crippen LogP contribution >= 0.6 is 0 Å². The quantitative estimate of drug-likeness (QED) is 0.382. The SMILES string of the molecule is CCOC(=O)C(Cc1cccc(OCC(F)COc2ccc(C(C)(C)C)cc2)c1)OC(C)C. The molecule has 0 N–H and O–H groups in total. The molecule has 2 unspecified atom stereocenters. The average Bonchev–Trinajstić information content (AvgIpc) is 2.75. The van der Waals surface area contributed by atoms with E-state index >= 15 is 0 Å². The zero-order chi connectivity index (χ0) is 24.4. The van der Waals surface area contributed by atoms with Gasteiger partial charge >= 0.3 is 5.97 Å². The van der Waals surface area contributed by atoms with Gasteiger partial charge in [-0.1, -0.05) is 45.0 Å². The second kappa shape index (κ2) is 12.6. The van der Waals surface area contributed by atoms with Gasteiger partial charge in [0.15, 0.2) is 12.3 Å². The Kier molecular flexibility index (Phi) is 10.2. The summed E-state index contributed by atoms with van der Waals surface area (Å²) in [5, 5.41) is 0. The number of alkyl halides is 1. The lowest BCUT2D eigenvalue weighted by atomic mass is 9.87. The normalized spacial score (nSPS) is 13.5. The Bertz CT molecular complexity index is 858. The van der Waals surface area contributed by atoms with Gasteiger partial charge in [-0.2, -0.15) is 0 Å². The molecular weight excluding hydrogens is 423 g/mol. The van der Waals surface area contributed by atoms with Crippen molar-refractivity contribution in [2.24, 2.45) is 0 Å². The number of carbonyl (C=O) groups is 1. The molecule has 0 saturated heterocycles. The average molecular weight is 461 g/mol. The molecule has 33 heavy (non-hydrogen) atoms. The van der Waals surface area contributed by atoms with E-state index in [0.29, 0.717) is 24.5 Å². The number of hydrogen-bond donors (Lipinski definition) is 0. The number of halogens is 1. The van der Waals surface area contributed by atoms with E-state index in [-0.39, 0.29) is 24.7 Å². The maximum absolute atomic E-state index is 14.4. The molecule has 0 saturated carbocycles. The Morgan fingerprint density at radius 3 is 2.18 bits per heavy atom. The second-order valence-corrected chi connectivity index (χ2v) is 9.27. The van der Waals surface area contributed by atoms with E-state index in [1.165, 1.54) is 5.56 Å². The number of ether oxygens (including phenoxy) is 4. The van der Waals surface area contributed by atoms with Crippen molar-refractivity contribution in [1.82, 2.24) is 0 Å². The molecule has 0 aliphatic carbocycles. The second-order valence-electron chi connectivity index (χ2n) is 9.27. The first-order valence-corrected chi connectivity index (χ1v) is 11.5. The summed E-state index contributed by atoms with van der Waals surface area (Å²) < 4.78 is 36.4. The van der Waals surface area contributed by atoms with E-state index in [2.05, 4.69) is 20.8 Å². The highest BCUT2D eigenvalue weighted by atomic mass is 19.1. The number of hydrogen-bond acceptors (Lipinski definition) is 5. The molecule has 0 radical (unpaired) electrons. The highest BCUT2D eigenvalue weighted by Gasteiger charge is 2.22. The van der Waals surface area contributed by atoms with Crippen molar-refractivity contribution < 1.29 is 28.1 Å². The maximum atomic E-state index is 14.4. The highest BCUT2D eigenvalue weighted by Crippen LogP contribution is 2.24. The van der Waals surface area contributed by atoms with Crippen molar-refractivity contribution in [3.8, 4) is 11.5 Å². The summed E-state index contributed by atoms with van der Waals surface area (Å²) in [5.41, 5.74) is 2.09. The largest absolute Gasteiger partial charge is 0.490 e. The molecule has 0 aliphatic heterocycles. The molecule has 2 rings (SSSR count). The number of carbonyl (C=O) groups excluding carboxylic acids is 1. The Hall–Kier alpha value is -2.60. The molecule has 0 bridgehead atoms. The van der Waals surface area contributed by atoms with E-state index < -0.39 is 18.2 Å². The van der Waals surface area contributed by atoms with Crippen molar-refractivity contribution in [3.63, 3.8) is 0 Å². The summed E-state index contributed by atoms with van der Waals surface area (Å²) >= 11 is 0. The fraction of sp³-hybridized carbons (Fsp3) is 0.519. The minimum absolute atomic E-state index is 0.0563. The smallest absolute Gasteiger partial charge is 0.335 e. The predicted octanol–water partition coefficient (Wildman–Crippen LogP) is 5.68. The minimum atomic E-state index is -1.28. The molecule has 5 nitrogen and oxygen atoms in total. The lowest BCUT2D eigenvalue weighted by molar-refractivity contribution is -0.159. The van der Waals surface area contributed by atoms with Crippen molar-refractivity contribution >= 4 is 5.97 Å². The lowest BCUT2D eigenvalue weighted by Gasteiger charge is -2.19. The summed E-state index contributed by atoms with van der Waals surface area (Å²) in [7, 11) is 0. The topological polar surface area (TPSA) is 54.0 Å². The fourth-order valence-electron chi connectivity index (χ4n) is 3.20. The lowest BCUT2D eigenvalue weighted by Crippen LogP contribution is -2.31. The van der Waals surface area contributed by atoms with Crippen LogP contribution in [-0.4, -0.2) is 44.2 Å². The molecular formula is C27H37FO5. The van der Waals surface area contributed by atoms with Gasteiger partial charge in [-0.05, 0) is 61.6 Å². The molecule has 2 aromatic rings. The van der Waals surface area contributed by atoms with Crippen LogP contribution in [0.1, 0.15) is 52.7 Å². The van der Waals surface area contributed by atoms with Crippen molar-refractivity contribution in [3.05, 3.63) is 59.7 Å².